The van der Waals surface area contributed by atoms with E-state index < -0.39 is 0 Å². The molecule has 1 saturated heterocycles. The first-order valence-corrected chi connectivity index (χ1v) is 8.94. The lowest BCUT2D eigenvalue weighted by Crippen LogP contribution is -2.31. The third-order valence-electron chi connectivity index (χ3n) is 4.60. The number of nitrogens with one attached hydrogen (secondary N) is 1. The highest BCUT2D eigenvalue weighted by atomic mass is 16.2. The van der Waals surface area contributed by atoms with Crippen LogP contribution in [0.2, 0.25) is 0 Å². The highest BCUT2D eigenvalue weighted by Crippen LogP contribution is 2.33. The molecule has 0 radical (unpaired) electrons. The summed E-state index contributed by atoms with van der Waals surface area (Å²) in [6.07, 6.45) is 8.53. The largest absolute Gasteiger partial charge is 0.330 e. The molecule has 4 heterocycles. The second-order valence-corrected chi connectivity index (χ2v) is 6.51. The third kappa shape index (κ3) is 3.76. The van der Waals surface area contributed by atoms with Crippen LogP contribution in [0, 0.1) is 6.92 Å². The summed E-state index contributed by atoms with van der Waals surface area (Å²) in [5, 5.41) is 3.20. The molecule has 7 nitrogen and oxygen atoms in total. The van der Waals surface area contributed by atoms with Gasteiger partial charge in [-0.15, -0.1) is 0 Å². The Labute approximate surface area is 157 Å². The molecule has 7 heteroatoms. The minimum atomic E-state index is -0.0824. The van der Waals surface area contributed by atoms with E-state index >= 15 is 0 Å². The number of aromatic nitrogens is 4. The van der Waals surface area contributed by atoms with Gasteiger partial charge in [0.1, 0.15) is 17.3 Å². The van der Waals surface area contributed by atoms with Gasteiger partial charge in [-0.1, -0.05) is 6.07 Å². The van der Waals surface area contributed by atoms with Gasteiger partial charge in [-0.2, -0.15) is 0 Å². The number of rotatable bonds is 4. The van der Waals surface area contributed by atoms with Gasteiger partial charge in [-0.25, -0.2) is 15.0 Å². The number of carbonyl (C=O) groups excluding carboxylic acids is 1. The molecule has 0 aliphatic carbocycles. The predicted octanol–water partition coefficient (Wildman–Crippen LogP) is 3.30. The van der Waals surface area contributed by atoms with Crippen molar-refractivity contribution in [3.8, 4) is 0 Å². The van der Waals surface area contributed by atoms with Crippen molar-refractivity contribution >= 4 is 17.5 Å². The maximum Gasteiger partial charge on any atom is 0.274 e. The number of carbonyl (C=O) groups is 1. The van der Waals surface area contributed by atoms with Crippen LogP contribution < -0.4 is 5.32 Å². The molecule has 0 spiro atoms. The van der Waals surface area contributed by atoms with Crippen molar-refractivity contribution in [2.75, 3.05) is 11.9 Å². The van der Waals surface area contributed by atoms with Gasteiger partial charge in [0.05, 0.1) is 17.9 Å². The molecule has 1 amide bonds. The molecule has 1 atom stereocenters. The molecule has 0 saturated carbocycles. The monoisotopic (exact) mass is 360 g/mol. The summed E-state index contributed by atoms with van der Waals surface area (Å²) in [6, 6.07) is 9.61. The molecular weight excluding hydrogens is 340 g/mol. The van der Waals surface area contributed by atoms with E-state index in [1.54, 1.807) is 24.8 Å². The Balaban J connectivity index is 1.56. The van der Waals surface area contributed by atoms with E-state index in [1.807, 2.05) is 42.2 Å². The van der Waals surface area contributed by atoms with Gasteiger partial charge >= 0.3 is 0 Å². The van der Waals surface area contributed by atoms with Crippen molar-refractivity contribution in [2.24, 2.45) is 0 Å². The van der Waals surface area contributed by atoms with E-state index in [0.717, 1.165) is 29.9 Å². The molecule has 3 aromatic heterocycles. The first-order valence-electron chi connectivity index (χ1n) is 8.94. The van der Waals surface area contributed by atoms with Crippen LogP contribution in [0.4, 0.5) is 11.6 Å². The van der Waals surface area contributed by atoms with Crippen LogP contribution >= 0.6 is 0 Å². The van der Waals surface area contributed by atoms with Gasteiger partial charge in [0, 0.05) is 25.1 Å². The fourth-order valence-corrected chi connectivity index (χ4v) is 3.30. The molecule has 0 bridgehead atoms. The highest BCUT2D eigenvalue weighted by molar-refractivity contribution is 5.92. The van der Waals surface area contributed by atoms with E-state index in [0.29, 0.717) is 18.1 Å². The van der Waals surface area contributed by atoms with Gasteiger partial charge in [-0.05, 0) is 49.6 Å². The fraction of sp³-hybridized carbons (Fsp3) is 0.250. The molecule has 0 unspecified atom stereocenters. The number of hydrogen-bond acceptors (Lipinski definition) is 6. The lowest BCUT2D eigenvalue weighted by molar-refractivity contribution is 0.0729. The summed E-state index contributed by atoms with van der Waals surface area (Å²) in [5.41, 5.74) is 2.23. The average molecular weight is 360 g/mol. The van der Waals surface area contributed by atoms with E-state index in [4.69, 9.17) is 0 Å². The van der Waals surface area contributed by atoms with Crippen molar-refractivity contribution in [3.63, 3.8) is 0 Å². The number of nitrogens with zero attached hydrogens (tertiary/aromatic N) is 5. The summed E-state index contributed by atoms with van der Waals surface area (Å²) < 4.78 is 0. The lowest BCUT2D eigenvalue weighted by Gasteiger charge is -2.25. The third-order valence-corrected chi connectivity index (χ3v) is 4.60. The number of amides is 1. The highest BCUT2D eigenvalue weighted by Gasteiger charge is 2.31. The van der Waals surface area contributed by atoms with Gasteiger partial charge in [-0.3, -0.25) is 9.78 Å². The number of hydrogen-bond donors (Lipinski definition) is 1. The molecule has 1 fully saturated rings. The van der Waals surface area contributed by atoms with Crippen molar-refractivity contribution < 1.29 is 4.79 Å². The van der Waals surface area contributed by atoms with Crippen LogP contribution in [0.5, 0.6) is 0 Å². The Morgan fingerprint density at radius 2 is 1.96 bits per heavy atom. The number of pyridine rings is 2. The van der Waals surface area contributed by atoms with E-state index in [2.05, 4.69) is 25.3 Å². The summed E-state index contributed by atoms with van der Waals surface area (Å²) in [4.78, 5) is 31.8. The molecule has 0 aromatic carbocycles. The minimum Gasteiger partial charge on any atom is -0.330 e. The normalized spacial score (nSPS) is 16.3. The summed E-state index contributed by atoms with van der Waals surface area (Å²) in [7, 11) is 0. The summed E-state index contributed by atoms with van der Waals surface area (Å²) >= 11 is 0. The number of anilines is 2. The second-order valence-electron chi connectivity index (χ2n) is 6.51. The average Bonchev–Trinajstić information content (AvgIpc) is 3.19. The Kier molecular flexibility index (Phi) is 4.74. The maximum absolute atomic E-state index is 12.9. The maximum atomic E-state index is 12.9. The first-order chi connectivity index (χ1) is 13.2. The van der Waals surface area contributed by atoms with Crippen molar-refractivity contribution in [2.45, 2.75) is 25.8 Å². The molecule has 3 aromatic rings. The summed E-state index contributed by atoms with van der Waals surface area (Å²) in [6.45, 7) is 2.57. The van der Waals surface area contributed by atoms with Crippen LogP contribution in [0.1, 0.15) is 40.6 Å². The molecule has 1 aliphatic rings. The Bertz CT molecular complexity index is 929. The Morgan fingerprint density at radius 1 is 1.07 bits per heavy atom. The zero-order valence-electron chi connectivity index (χ0n) is 15.0. The van der Waals surface area contributed by atoms with E-state index in [9.17, 15) is 4.79 Å². The van der Waals surface area contributed by atoms with Gasteiger partial charge in [0.15, 0.2) is 0 Å². The van der Waals surface area contributed by atoms with Crippen molar-refractivity contribution in [3.05, 3.63) is 72.1 Å². The zero-order valence-corrected chi connectivity index (χ0v) is 15.0. The molecule has 1 aliphatic heterocycles. The molecule has 4 rings (SSSR count). The van der Waals surface area contributed by atoms with Crippen LogP contribution in [0.25, 0.3) is 0 Å². The standard InChI is InChI=1S/C20H20N6O/c1-14-12-24-16(13-23-14)20(27)26-10-4-5-17(26)15-7-9-22-19(11-15)25-18-6-2-3-8-21-18/h2-3,6-9,11-13,17H,4-5,10H2,1H3,(H,21,22,25)/t17-/m0/s1. The fourth-order valence-electron chi connectivity index (χ4n) is 3.30. The van der Waals surface area contributed by atoms with Gasteiger partial charge in [0.25, 0.3) is 5.91 Å². The minimum absolute atomic E-state index is 0.00730. The van der Waals surface area contributed by atoms with E-state index in [1.165, 1.54) is 0 Å². The van der Waals surface area contributed by atoms with Crippen molar-refractivity contribution in [1.29, 1.82) is 0 Å². The Morgan fingerprint density at radius 3 is 2.74 bits per heavy atom. The topological polar surface area (TPSA) is 83.9 Å². The smallest absolute Gasteiger partial charge is 0.274 e. The molecule has 27 heavy (non-hydrogen) atoms. The molecule has 136 valence electrons. The number of aryl methyl sites for hydroxylation is 1. The predicted molar refractivity (Wildman–Crippen MR) is 102 cm³/mol. The SMILES string of the molecule is Cc1cnc(C(=O)N2CCC[C@H]2c2ccnc(Nc3ccccn3)c2)cn1. The second kappa shape index (κ2) is 7.49. The van der Waals surface area contributed by atoms with Crippen LogP contribution in [-0.4, -0.2) is 37.3 Å². The van der Waals surface area contributed by atoms with Gasteiger partial charge < -0.3 is 10.2 Å². The lowest BCUT2D eigenvalue weighted by atomic mass is 10.1. The van der Waals surface area contributed by atoms with Crippen LogP contribution in [-0.2, 0) is 0 Å². The molecule has 1 N–H and O–H groups in total. The van der Waals surface area contributed by atoms with Crippen LogP contribution in [0.3, 0.4) is 0 Å². The quantitative estimate of drug-likeness (QED) is 0.768. The van der Waals surface area contributed by atoms with Crippen LogP contribution in [0.15, 0.2) is 55.1 Å². The van der Waals surface area contributed by atoms with Gasteiger partial charge in [0.2, 0.25) is 0 Å². The molecular formula is C20H20N6O. The zero-order chi connectivity index (χ0) is 18.6. The first kappa shape index (κ1) is 17.1. The Hall–Kier alpha value is -3.35. The van der Waals surface area contributed by atoms with Crippen molar-refractivity contribution in [1.82, 2.24) is 24.8 Å². The number of likely N-dealkylation sites (tertiary alicyclic amines) is 1. The summed E-state index contributed by atoms with van der Waals surface area (Å²) in [5.74, 6) is 1.36. The van der Waals surface area contributed by atoms with E-state index in [-0.39, 0.29) is 11.9 Å².